The van der Waals surface area contributed by atoms with Gasteiger partial charge >= 0.3 is 6.18 Å². The molecule has 0 radical (unpaired) electrons. The number of alkyl halides is 3. The first-order chi connectivity index (χ1) is 14.8. The third-order valence-electron chi connectivity index (χ3n) is 4.91. The number of hydrogen-bond donors (Lipinski definition) is 0. The summed E-state index contributed by atoms with van der Waals surface area (Å²) < 4.78 is 57.8. The van der Waals surface area contributed by atoms with Crippen LogP contribution in [0.4, 0.5) is 13.2 Å². The van der Waals surface area contributed by atoms with Crippen molar-refractivity contribution in [3.05, 3.63) is 65.4 Å². The molecular weight excluding hydrogens is 413 g/mol. The predicted octanol–water partition coefficient (Wildman–Crippen LogP) is 4.76. The molecule has 6 nitrogen and oxygen atoms in total. The molecule has 31 heavy (non-hydrogen) atoms. The van der Waals surface area contributed by atoms with E-state index in [2.05, 4.69) is 4.98 Å². The summed E-state index contributed by atoms with van der Waals surface area (Å²) >= 11 is 0. The standard InChI is InChI=1S/C22H17F3N2O4/c1-29-16-10-12(11-17(30-2)20(16)31-3)19(28)13-8-9-18(22(23,24)25)27-15-7-5-4-6-14(15)26-21(13)27/h4-11H,1-3H3. The molecule has 9 heteroatoms. The van der Waals surface area contributed by atoms with E-state index in [1.165, 1.54) is 39.5 Å². The van der Waals surface area contributed by atoms with Gasteiger partial charge in [-0.05, 0) is 36.4 Å². The molecule has 0 amide bonds. The summed E-state index contributed by atoms with van der Waals surface area (Å²) in [6.45, 7) is 0. The van der Waals surface area contributed by atoms with E-state index in [1.807, 2.05) is 0 Å². The van der Waals surface area contributed by atoms with Crippen molar-refractivity contribution in [1.82, 2.24) is 9.38 Å². The number of benzene rings is 2. The molecule has 4 aromatic rings. The number of aromatic nitrogens is 2. The van der Waals surface area contributed by atoms with Gasteiger partial charge in [0.15, 0.2) is 17.3 Å². The summed E-state index contributed by atoms with van der Waals surface area (Å²) in [6, 6.07) is 11.3. The van der Waals surface area contributed by atoms with Crippen molar-refractivity contribution in [3.63, 3.8) is 0 Å². The predicted molar refractivity (Wildman–Crippen MR) is 107 cm³/mol. The van der Waals surface area contributed by atoms with Crippen LogP contribution in [0.3, 0.4) is 0 Å². The van der Waals surface area contributed by atoms with E-state index >= 15 is 0 Å². The van der Waals surface area contributed by atoms with Crippen LogP contribution < -0.4 is 14.2 Å². The minimum Gasteiger partial charge on any atom is -0.493 e. The highest BCUT2D eigenvalue weighted by Crippen LogP contribution is 2.39. The number of imidazole rings is 1. The van der Waals surface area contributed by atoms with Crippen LogP contribution in [0.1, 0.15) is 21.6 Å². The summed E-state index contributed by atoms with van der Waals surface area (Å²) in [5.41, 5.74) is -0.239. The number of carbonyl (C=O) groups excluding carboxylic acids is 1. The van der Waals surface area contributed by atoms with Crippen LogP contribution in [0.15, 0.2) is 48.5 Å². The number of methoxy groups -OCH3 is 3. The van der Waals surface area contributed by atoms with Crippen molar-refractivity contribution in [3.8, 4) is 17.2 Å². The molecule has 160 valence electrons. The second-order valence-electron chi connectivity index (χ2n) is 6.63. The Kier molecular flexibility index (Phi) is 4.96. The van der Waals surface area contributed by atoms with Gasteiger partial charge in [-0.3, -0.25) is 9.20 Å². The Morgan fingerprint density at radius 3 is 2.16 bits per heavy atom. The van der Waals surface area contributed by atoms with E-state index in [4.69, 9.17) is 14.2 Å². The number of rotatable bonds is 5. The first kappa shape index (κ1) is 20.5. The summed E-state index contributed by atoms with van der Waals surface area (Å²) in [5.74, 6) is 0.266. The van der Waals surface area contributed by atoms with Crippen LogP contribution in [0.25, 0.3) is 16.7 Å². The normalized spacial score (nSPS) is 11.7. The molecule has 0 aliphatic rings. The third kappa shape index (κ3) is 3.31. The number of fused-ring (bicyclic) bond motifs is 3. The lowest BCUT2D eigenvalue weighted by Gasteiger charge is -2.15. The lowest BCUT2D eigenvalue weighted by atomic mass is 10.0. The number of ketones is 1. The highest BCUT2D eigenvalue weighted by Gasteiger charge is 2.35. The molecule has 0 spiro atoms. The highest BCUT2D eigenvalue weighted by atomic mass is 19.4. The van der Waals surface area contributed by atoms with Crippen LogP contribution in [0.5, 0.6) is 17.2 Å². The third-order valence-corrected chi connectivity index (χ3v) is 4.91. The quantitative estimate of drug-likeness (QED) is 0.427. The second-order valence-corrected chi connectivity index (χ2v) is 6.63. The average Bonchev–Trinajstić information content (AvgIpc) is 3.15. The van der Waals surface area contributed by atoms with E-state index in [9.17, 15) is 18.0 Å². The van der Waals surface area contributed by atoms with E-state index in [-0.39, 0.29) is 33.8 Å². The molecule has 4 rings (SSSR count). The molecule has 0 saturated carbocycles. The zero-order chi connectivity index (χ0) is 22.3. The fourth-order valence-corrected chi connectivity index (χ4v) is 3.53. The van der Waals surface area contributed by atoms with Crippen LogP contribution >= 0.6 is 0 Å². The number of hydrogen-bond acceptors (Lipinski definition) is 5. The van der Waals surface area contributed by atoms with Gasteiger partial charge in [0.1, 0.15) is 11.3 Å². The van der Waals surface area contributed by atoms with Gasteiger partial charge in [-0.15, -0.1) is 0 Å². The lowest BCUT2D eigenvalue weighted by molar-refractivity contribution is -0.141. The van der Waals surface area contributed by atoms with Crippen LogP contribution in [0.2, 0.25) is 0 Å². The van der Waals surface area contributed by atoms with Crippen molar-refractivity contribution in [1.29, 1.82) is 0 Å². The Hall–Kier alpha value is -3.75. The van der Waals surface area contributed by atoms with Crippen molar-refractivity contribution in [2.75, 3.05) is 21.3 Å². The van der Waals surface area contributed by atoms with Gasteiger partial charge < -0.3 is 14.2 Å². The van der Waals surface area contributed by atoms with E-state index in [1.54, 1.807) is 18.2 Å². The fraction of sp³-hybridized carbons (Fsp3) is 0.182. The van der Waals surface area contributed by atoms with Crippen molar-refractivity contribution in [2.45, 2.75) is 6.18 Å². The zero-order valence-electron chi connectivity index (χ0n) is 16.8. The molecule has 2 heterocycles. The molecule has 0 atom stereocenters. The van der Waals surface area contributed by atoms with E-state index < -0.39 is 17.7 Å². The summed E-state index contributed by atoms with van der Waals surface area (Å²) in [4.78, 5) is 17.7. The maximum atomic E-state index is 13.7. The van der Waals surface area contributed by atoms with Crippen LogP contribution in [-0.4, -0.2) is 36.5 Å². The summed E-state index contributed by atoms with van der Waals surface area (Å²) in [5, 5.41) is 0. The van der Waals surface area contributed by atoms with Gasteiger partial charge in [0, 0.05) is 5.56 Å². The van der Waals surface area contributed by atoms with E-state index in [0.29, 0.717) is 11.3 Å². The number of carbonyl (C=O) groups is 1. The molecule has 0 N–H and O–H groups in total. The number of ether oxygens (including phenoxy) is 3. The van der Waals surface area contributed by atoms with Gasteiger partial charge in [0.2, 0.25) is 5.75 Å². The molecule has 0 bridgehead atoms. The Labute approximate surface area is 174 Å². The van der Waals surface area contributed by atoms with Gasteiger partial charge in [0.25, 0.3) is 0 Å². The maximum Gasteiger partial charge on any atom is 0.431 e. The monoisotopic (exact) mass is 430 g/mol. The maximum absolute atomic E-state index is 13.7. The smallest absolute Gasteiger partial charge is 0.431 e. The Morgan fingerprint density at radius 2 is 1.58 bits per heavy atom. The first-order valence-electron chi connectivity index (χ1n) is 9.12. The Balaban J connectivity index is 1.98. The molecule has 0 aliphatic carbocycles. The summed E-state index contributed by atoms with van der Waals surface area (Å²) in [7, 11) is 4.24. The van der Waals surface area contributed by atoms with Gasteiger partial charge in [-0.2, -0.15) is 13.2 Å². The molecular formula is C22H17F3N2O4. The van der Waals surface area contributed by atoms with E-state index in [0.717, 1.165) is 16.5 Å². The molecule has 0 unspecified atom stereocenters. The number of nitrogens with zero attached hydrogens (tertiary/aromatic N) is 2. The average molecular weight is 430 g/mol. The van der Waals surface area contributed by atoms with Gasteiger partial charge in [-0.1, -0.05) is 12.1 Å². The Bertz CT molecular complexity index is 1290. The minimum absolute atomic E-state index is 0.0125. The number of para-hydroxylation sites is 2. The molecule has 0 fully saturated rings. The molecule has 0 saturated heterocycles. The number of halogens is 3. The van der Waals surface area contributed by atoms with Crippen LogP contribution in [0, 0.1) is 0 Å². The van der Waals surface area contributed by atoms with Gasteiger partial charge in [0.05, 0.1) is 37.9 Å². The minimum atomic E-state index is -4.63. The fourth-order valence-electron chi connectivity index (χ4n) is 3.53. The molecule has 2 aromatic carbocycles. The molecule has 0 aliphatic heterocycles. The van der Waals surface area contributed by atoms with Gasteiger partial charge in [-0.25, -0.2) is 4.98 Å². The van der Waals surface area contributed by atoms with Crippen molar-refractivity contribution < 1.29 is 32.2 Å². The number of pyridine rings is 1. The van der Waals surface area contributed by atoms with Crippen molar-refractivity contribution in [2.24, 2.45) is 0 Å². The lowest BCUT2D eigenvalue weighted by Crippen LogP contribution is -2.14. The zero-order valence-corrected chi connectivity index (χ0v) is 16.8. The topological polar surface area (TPSA) is 62.1 Å². The SMILES string of the molecule is COc1cc(C(=O)c2ccc(C(F)(F)F)n3c2nc2ccccc23)cc(OC)c1OC. The first-order valence-corrected chi connectivity index (χ1v) is 9.12. The highest BCUT2D eigenvalue weighted by molar-refractivity contribution is 6.13. The van der Waals surface area contributed by atoms with Crippen LogP contribution in [-0.2, 0) is 6.18 Å². The van der Waals surface area contributed by atoms with Crippen molar-refractivity contribution >= 4 is 22.5 Å². The summed E-state index contributed by atoms with van der Waals surface area (Å²) in [6.07, 6.45) is -4.63. The largest absolute Gasteiger partial charge is 0.493 e. The second kappa shape index (κ2) is 7.50. The Morgan fingerprint density at radius 1 is 0.935 bits per heavy atom. The molecule has 2 aromatic heterocycles.